The Bertz CT molecular complexity index is 452. The Morgan fingerprint density at radius 2 is 2.10 bits per heavy atom. The van der Waals surface area contributed by atoms with E-state index < -0.39 is 6.10 Å². The van der Waals surface area contributed by atoms with Crippen molar-refractivity contribution in [1.82, 2.24) is 4.90 Å². The average molecular weight is 295 g/mol. The van der Waals surface area contributed by atoms with E-state index in [1.165, 1.54) is 0 Å². The number of β-amino-alcohol motifs (C(OH)–C–C–N with tert-alkyl or cyclic N) is 1. The summed E-state index contributed by atoms with van der Waals surface area (Å²) in [5.41, 5.74) is 0.842. The SMILES string of the molecule is CCC1COCCN1CC(O)c1ccc(OC)c(OC)c1. The molecule has 1 N–H and O–H groups in total. The Kier molecular flexibility index (Phi) is 5.85. The van der Waals surface area contributed by atoms with Crippen molar-refractivity contribution in [1.29, 1.82) is 0 Å². The minimum Gasteiger partial charge on any atom is -0.493 e. The van der Waals surface area contributed by atoms with Crippen molar-refractivity contribution < 1.29 is 19.3 Å². The fraction of sp³-hybridized carbons (Fsp3) is 0.625. The molecule has 0 aromatic heterocycles. The van der Waals surface area contributed by atoms with Gasteiger partial charge in [-0.3, -0.25) is 4.90 Å². The average Bonchev–Trinajstić information content (AvgIpc) is 2.54. The van der Waals surface area contributed by atoms with E-state index >= 15 is 0 Å². The molecule has 1 fully saturated rings. The topological polar surface area (TPSA) is 51.2 Å². The maximum Gasteiger partial charge on any atom is 0.161 e. The Hall–Kier alpha value is -1.30. The molecule has 2 rings (SSSR count). The summed E-state index contributed by atoms with van der Waals surface area (Å²) in [6, 6.07) is 5.93. The van der Waals surface area contributed by atoms with Crippen LogP contribution in [0.1, 0.15) is 25.0 Å². The second kappa shape index (κ2) is 7.64. The van der Waals surface area contributed by atoms with E-state index in [1.54, 1.807) is 14.2 Å². The number of ether oxygens (including phenoxy) is 3. The molecule has 21 heavy (non-hydrogen) atoms. The van der Waals surface area contributed by atoms with Crippen LogP contribution in [0.25, 0.3) is 0 Å². The highest BCUT2D eigenvalue weighted by Gasteiger charge is 2.24. The normalized spacial score (nSPS) is 21.0. The number of hydrogen-bond acceptors (Lipinski definition) is 5. The minimum absolute atomic E-state index is 0.383. The Morgan fingerprint density at radius 1 is 1.33 bits per heavy atom. The smallest absolute Gasteiger partial charge is 0.161 e. The van der Waals surface area contributed by atoms with E-state index in [0.717, 1.165) is 31.7 Å². The third-order valence-corrected chi connectivity index (χ3v) is 4.02. The number of methoxy groups -OCH3 is 2. The molecule has 0 saturated carbocycles. The highest BCUT2D eigenvalue weighted by Crippen LogP contribution is 2.30. The molecule has 0 radical (unpaired) electrons. The van der Waals surface area contributed by atoms with E-state index in [2.05, 4.69) is 11.8 Å². The predicted molar refractivity (Wildman–Crippen MR) is 81.0 cm³/mol. The van der Waals surface area contributed by atoms with Crippen molar-refractivity contribution in [3.8, 4) is 11.5 Å². The summed E-state index contributed by atoms with van der Waals surface area (Å²) in [7, 11) is 3.20. The molecule has 0 amide bonds. The zero-order chi connectivity index (χ0) is 15.2. The number of aliphatic hydroxyl groups is 1. The van der Waals surface area contributed by atoms with Gasteiger partial charge in [-0.25, -0.2) is 0 Å². The van der Waals surface area contributed by atoms with Gasteiger partial charge in [0.1, 0.15) is 0 Å². The molecule has 1 aromatic carbocycles. The Morgan fingerprint density at radius 3 is 2.76 bits per heavy atom. The quantitative estimate of drug-likeness (QED) is 0.868. The summed E-state index contributed by atoms with van der Waals surface area (Å²) >= 11 is 0. The summed E-state index contributed by atoms with van der Waals surface area (Å²) in [6.45, 7) is 5.10. The highest BCUT2D eigenvalue weighted by molar-refractivity contribution is 5.43. The first-order valence-corrected chi connectivity index (χ1v) is 7.41. The number of aliphatic hydroxyl groups excluding tert-OH is 1. The van der Waals surface area contributed by atoms with Crippen LogP contribution in [0.15, 0.2) is 18.2 Å². The van der Waals surface area contributed by atoms with Gasteiger partial charge in [0.2, 0.25) is 0 Å². The Balaban J connectivity index is 2.07. The number of hydrogen-bond donors (Lipinski definition) is 1. The van der Waals surface area contributed by atoms with E-state index in [1.807, 2.05) is 18.2 Å². The van der Waals surface area contributed by atoms with Gasteiger partial charge in [-0.15, -0.1) is 0 Å². The van der Waals surface area contributed by atoms with Gasteiger partial charge in [-0.2, -0.15) is 0 Å². The third-order valence-electron chi connectivity index (χ3n) is 4.02. The molecule has 2 atom stereocenters. The maximum absolute atomic E-state index is 10.5. The van der Waals surface area contributed by atoms with Gasteiger partial charge in [0.05, 0.1) is 33.5 Å². The molecule has 0 spiro atoms. The van der Waals surface area contributed by atoms with Crippen LogP contribution in [0.4, 0.5) is 0 Å². The van der Waals surface area contributed by atoms with Crippen LogP contribution in [0, 0.1) is 0 Å². The first kappa shape index (κ1) is 16.1. The fourth-order valence-corrected chi connectivity index (χ4v) is 2.69. The molecule has 118 valence electrons. The monoisotopic (exact) mass is 295 g/mol. The molecule has 2 unspecified atom stereocenters. The van der Waals surface area contributed by atoms with E-state index in [4.69, 9.17) is 14.2 Å². The van der Waals surface area contributed by atoms with Crippen LogP contribution in [0.3, 0.4) is 0 Å². The number of nitrogens with zero attached hydrogens (tertiary/aromatic N) is 1. The Labute approximate surface area is 126 Å². The number of rotatable bonds is 6. The van der Waals surface area contributed by atoms with Gasteiger partial charge >= 0.3 is 0 Å². The molecule has 5 heteroatoms. The second-order valence-corrected chi connectivity index (χ2v) is 5.26. The van der Waals surface area contributed by atoms with Crippen molar-refractivity contribution in [2.45, 2.75) is 25.5 Å². The van der Waals surface area contributed by atoms with Crippen molar-refractivity contribution in [3.05, 3.63) is 23.8 Å². The van der Waals surface area contributed by atoms with Gasteiger partial charge in [-0.05, 0) is 24.1 Å². The van der Waals surface area contributed by atoms with Crippen molar-refractivity contribution in [2.75, 3.05) is 40.5 Å². The van der Waals surface area contributed by atoms with Crippen LogP contribution in [0.5, 0.6) is 11.5 Å². The summed E-state index contributed by atoms with van der Waals surface area (Å²) < 4.78 is 16.0. The number of benzene rings is 1. The first-order valence-electron chi connectivity index (χ1n) is 7.41. The van der Waals surface area contributed by atoms with E-state index in [0.29, 0.717) is 24.1 Å². The van der Waals surface area contributed by atoms with Gasteiger partial charge < -0.3 is 19.3 Å². The summed E-state index contributed by atoms with van der Waals surface area (Å²) in [5, 5.41) is 10.5. The van der Waals surface area contributed by atoms with Crippen LogP contribution in [0.2, 0.25) is 0 Å². The standard InChI is InChI=1S/C16H25NO4/c1-4-13-11-21-8-7-17(13)10-14(18)12-5-6-15(19-2)16(9-12)20-3/h5-6,9,13-14,18H,4,7-8,10-11H2,1-3H3. The minimum atomic E-state index is -0.544. The van der Waals surface area contributed by atoms with Crippen LogP contribution in [-0.2, 0) is 4.74 Å². The molecular formula is C16H25NO4. The van der Waals surface area contributed by atoms with Crippen LogP contribution < -0.4 is 9.47 Å². The van der Waals surface area contributed by atoms with Gasteiger partial charge in [0.15, 0.2) is 11.5 Å². The molecule has 5 nitrogen and oxygen atoms in total. The molecule has 1 aliphatic rings. The summed E-state index contributed by atoms with van der Waals surface area (Å²) in [5.74, 6) is 1.31. The molecule has 1 aromatic rings. The lowest BCUT2D eigenvalue weighted by atomic mass is 10.1. The largest absolute Gasteiger partial charge is 0.493 e. The number of morpholine rings is 1. The van der Waals surface area contributed by atoms with E-state index in [9.17, 15) is 5.11 Å². The lowest BCUT2D eigenvalue weighted by molar-refractivity contribution is -0.0277. The lowest BCUT2D eigenvalue weighted by Gasteiger charge is -2.36. The van der Waals surface area contributed by atoms with E-state index in [-0.39, 0.29) is 0 Å². The fourth-order valence-electron chi connectivity index (χ4n) is 2.69. The predicted octanol–water partition coefficient (Wildman–Crippen LogP) is 1.85. The molecule has 1 heterocycles. The molecule has 1 saturated heterocycles. The van der Waals surface area contributed by atoms with Crippen molar-refractivity contribution in [2.24, 2.45) is 0 Å². The highest BCUT2D eigenvalue weighted by atomic mass is 16.5. The molecular weight excluding hydrogens is 270 g/mol. The van der Waals surface area contributed by atoms with Crippen molar-refractivity contribution in [3.63, 3.8) is 0 Å². The zero-order valence-corrected chi connectivity index (χ0v) is 13.0. The molecule has 0 bridgehead atoms. The van der Waals surface area contributed by atoms with Gasteiger partial charge in [0.25, 0.3) is 0 Å². The third kappa shape index (κ3) is 3.87. The van der Waals surface area contributed by atoms with Gasteiger partial charge in [0, 0.05) is 19.1 Å². The summed E-state index contributed by atoms with van der Waals surface area (Å²) in [4.78, 5) is 2.30. The molecule has 0 aliphatic carbocycles. The van der Waals surface area contributed by atoms with Crippen LogP contribution in [-0.4, -0.2) is 56.6 Å². The lowest BCUT2D eigenvalue weighted by Crippen LogP contribution is -2.46. The molecule has 1 aliphatic heterocycles. The van der Waals surface area contributed by atoms with Gasteiger partial charge in [-0.1, -0.05) is 13.0 Å². The van der Waals surface area contributed by atoms with Crippen molar-refractivity contribution >= 4 is 0 Å². The zero-order valence-electron chi connectivity index (χ0n) is 13.0. The van der Waals surface area contributed by atoms with Crippen LogP contribution >= 0.6 is 0 Å². The summed E-state index contributed by atoms with van der Waals surface area (Å²) in [6.07, 6.45) is 0.482. The second-order valence-electron chi connectivity index (χ2n) is 5.26. The first-order chi connectivity index (χ1) is 10.2. The maximum atomic E-state index is 10.5.